The summed E-state index contributed by atoms with van der Waals surface area (Å²) in [4.78, 5) is 13.4. The molecule has 2 aromatic rings. The molecule has 0 saturated heterocycles. The molecule has 0 radical (unpaired) electrons. The third-order valence-electron chi connectivity index (χ3n) is 3.80. The Bertz CT molecular complexity index is 616. The first-order valence-corrected chi connectivity index (χ1v) is 7.13. The topological polar surface area (TPSA) is 20.3 Å². The average molecular weight is 269 g/mol. The van der Waals surface area contributed by atoms with Gasteiger partial charge in [-0.05, 0) is 56.8 Å². The van der Waals surface area contributed by atoms with Crippen molar-refractivity contribution in [3.63, 3.8) is 0 Å². The lowest BCUT2D eigenvalue weighted by atomic mass is 9.96. The molecule has 106 valence electrons. The zero-order chi connectivity index (χ0) is 14.7. The summed E-state index contributed by atoms with van der Waals surface area (Å²) >= 11 is 0. The maximum atomic E-state index is 11.2. The van der Waals surface area contributed by atoms with E-state index >= 15 is 0 Å². The molecule has 0 amide bonds. The van der Waals surface area contributed by atoms with Crippen LogP contribution in [-0.4, -0.2) is 24.8 Å². The summed E-state index contributed by atoms with van der Waals surface area (Å²) in [5.41, 5.74) is 2.57. The molecule has 0 aliphatic rings. The van der Waals surface area contributed by atoms with Crippen LogP contribution in [0.3, 0.4) is 0 Å². The molecule has 2 rings (SSSR count). The predicted molar refractivity (Wildman–Crippen MR) is 85.0 cm³/mol. The average Bonchev–Trinajstić information content (AvgIpc) is 2.38. The van der Waals surface area contributed by atoms with Crippen molar-refractivity contribution < 1.29 is 4.79 Å². The molecule has 0 N–H and O–H groups in total. The Labute approximate surface area is 121 Å². The molecule has 2 heteroatoms. The quantitative estimate of drug-likeness (QED) is 0.813. The van der Waals surface area contributed by atoms with Gasteiger partial charge in [0.1, 0.15) is 5.78 Å². The molecular formula is C18H23NO. The van der Waals surface area contributed by atoms with Gasteiger partial charge in [0.25, 0.3) is 0 Å². The molecule has 0 saturated carbocycles. The molecule has 1 unspecified atom stereocenters. The number of benzene rings is 2. The summed E-state index contributed by atoms with van der Waals surface area (Å²) in [6.07, 6.45) is 1.51. The van der Waals surface area contributed by atoms with Gasteiger partial charge >= 0.3 is 0 Å². The van der Waals surface area contributed by atoms with Crippen LogP contribution in [0.1, 0.15) is 36.9 Å². The molecule has 0 heterocycles. The number of hydrogen-bond acceptors (Lipinski definition) is 2. The zero-order valence-corrected chi connectivity index (χ0v) is 12.8. The lowest BCUT2D eigenvalue weighted by molar-refractivity contribution is -0.117. The smallest absolute Gasteiger partial charge is 0.129 e. The van der Waals surface area contributed by atoms with Gasteiger partial charge < -0.3 is 9.69 Å². The molecule has 0 bridgehead atoms. The first-order valence-electron chi connectivity index (χ1n) is 7.13. The Balaban J connectivity index is 2.33. The van der Waals surface area contributed by atoms with Crippen molar-refractivity contribution in [3.8, 4) is 0 Å². The molecule has 0 spiro atoms. The van der Waals surface area contributed by atoms with Gasteiger partial charge in [-0.1, -0.05) is 35.9 Å². The minimum atomic E-state index is 0.258. The van der Waals surface area contributed by atoms with Gasteiger partial charge in [-0.15, -0.1) is 0 Å². The van der Waals surface area contributed by atoms with Crippen LogP contribution in [-0.2, 0) is 4.79 Å². The summed E-state index contributed by atoms with van der Waals surface area (Å²) < 4.78 is 0. The second-order valence-electron chi connectivity index (χ2n) is 5.83. The van der Waals surface area contributed by atoms with E-state index in [1.165, 1.54) is 21.9 Å². The van der Waals surface area contributed by atoms with Crippen molar-refractivity contribution in [2.75, 3.05) is 14.1 Å². The van der Waals surface area contributed by atoms with Crippen LogP contribution >= 0.6 is 0 Å². The van der Waals surface area contributed by atoms with E-state index in [9.17, 15) is 4.79 Å². The van der Waals surface area contributed by atoms with Gasteiger partial charge in [0, 0.05) is 12.5 Å². The summed E-state index contributed by atoms with van der Waals surface area (Å²) in [6.45, 7) is 3.78. The molecule has 0 fully saturated rings. The Morgan fingerprint density at radius 1 is 1.10 bits per heavy atom. The fourth-order valence-electron chi connectivity index (χ4n) is 2.65. The Morgan fingerprint density at radius 2 is 1.75 bits per heavy atom. The first kappa shape index (κ1) is 14.7. The second kappa shape index (κ2) is 6.19. The van der Waals surface area contributed by atoms with E-state index in [0.717, 1.165) is 6.42 Å². The van der Waals surface area contributed by atoms with Gasteiger partial charge in [0.05, 0.1) is 0 Å². The van der Waals surface area contributed by atoms with E-state index in [1.807, 2.05) is 0 Å². The number of aryl methyl sites for hydroxylation is 1. The van der Waals surface area contributed by atoms with E-state index in [-0.39, 0.29) is 5.78 Å². The number of hydrogen-bond donors (Lipinski definition) is 0. The van der Waals surface area contributed by atoms with E-state index in [4.69, 9.17) is 0 Å². The van der Waals surface area contributed by atoms with Crippen LogP contribution in [0.25, 0.3) is 10.8 Å². The van der Waals surface area contributed by atoms with Crippen molar-refractivity contribution in [1.29, 1.82) is 0 Å². The summed E-state index contributed by atoms with van der Waals surface area (Å²) in [5.74, 6) is 0.258. The molecule has 0 aromatic heterocycles. The van der Waals surface area contributed by atoms with Crippen molar-refractivity contribution in [1.82, 2.24) is 4.90 Å². The van der Waals surface area contributed by atoms with Gasteiger partial charge in [-0.25, -0.2) is 0 Å². The normalized spacial score (nSPS) is 12.8. The molecule has 0 aliphatic carbocycles. The van der Waals surface area contributed by atoms with Crippen LogP contribution in [0.4, 0.5) is 0 Å². The van der Waals surface area contributed by atoms with Crippen LogP contribution in [0.5, 0.6) is 0 Å². The molecule has 2 aromatic carbocycles. The number of fused-ring (bicyclic) bond motifs is 1. The zero-order valence-electron chi connectivity index (χ0n) is 12.8. The van der Waals surface area contributed by atoms with Gasteiger partial charge in [-0.3, -0.25) is 0 Å². The monoisotopic (exact) mass is 269 g/mol. The third kappa shape index (κ3) is 3.45. The minimum Gasteiger partial charge on any atom is -0.302 e. The van der Waals surface area contributed by atoms with Gasteiger partial charge in [0.15, 0.2) is 0 Å². The minimum absolute atomic E-state index is 0.258. The summed E-state index contributed by atoms with van der Waals surface area (Å²) in [5, 5.41) is 2.54. The lowest BCUT2D eigenvalue weighted by Gasteiger charge is -2.24. The second-order valence-corrected chi connectivity index (χ2v) is 5.83. The third-order valence-corrected chi connectivity index (χ3v) is 3.80. The highest BCUT2D eigenvalue weighted by atomic mass is 16.1. The van der Waals surface area contributed by atoms with Crippen molar-refractivity contribution in [3.05, 3.63) is 47.5 Å². The van der Waals surface area contributed by atoms with Crippen molar-refractivity contribution in [2.45, 2.75) is 32.7 Å². The molecular weight excluding hydrogens is 246 g/mol. The number of ketones is 1. The highest BCUT2D eigenvalue weighted by Crippen LogP contribution is 2.27. The predicted octanol–water partition coefficient (Wildman–Crippen LogP) is 4.12. The lowest BCUT2D eigenvalue weighted by Crippen LogP contribution is -2.20. The maximum absolute atomic E-state index is 11.2. The van der Waals surface area contributed by atoms with Crippen LogP contribution < -0.4 is 0 Å². The number of rotatable bonds is 5. The van der Waals surface area contributed by atoms with Gasteiger partial charge in [0.2, 0.25) is 0 Å². The largest absolute Gasteiger partial charge is 0.302 e. The fraction of sp³-hybridized carbons (Fsp3) is 0.389. The number of carbonyl (C=O) groups is 1. The Hall–Kier alpha value is -1.67. The van der Waals surface area contributed by atoms with E-state index < -0.39 is 0 Å². The maximum Gasteiger partial charge on any atom is 0.129 e. The van der Waals surface area contributed by atoms with Crippen molar-refractivity contribution >= 4 is 16.6 Å². The summed E-state index contributed by atoms with van der Waals surface area (Å²) in [7, 11) is 4.15. The highest BCUT2D eigenvalue weighted by Gasteiger charge is 2.15. The molecule has 20 heavy (non-hydrogen) atoms. The molecule has 2 nitrogen and oxygen atoms in total. The van der Waals surface area contributed by atoms with Crippen molar-refractivity contribution in [2.24, 2.45) is 0 Å². The van der Waals surface area contributed by atoms with Gasteiger partial charge in [-0.2, -0.15) is 0 Å². The summed E-state index contributed by atoms with van der Waals surface area (Å²) in [6, 6.07) is 13.4. The SMILES string of the molecule is CC(=O)CCC(c1ccc2cc(C)ccc2c1)N(C)C. The molecule has 0 aliphatic heterocycles. The van der Waals surface area contributed by atoms with Crippen LogP contribution in [0, 0.1) is 6.92 Å². The Morgan fingerprint density at radius 3 is 2.40 bits per heavy atom. The first-order chi connectivity index (χ1) is 9.47. The fourth-order valence-corrected chi connectivity index (χ4v) is 2.65. The number of nitrogens with zero attached hydrogens (tertiary/aromatic N) is 1. The number of carbonyl (C=O) groups excluding carboxylic acids is 1. The van der Waals surface area contributed by atoms with Crippen LogP contribution in [0.15, 0.2) is 36.4 Å². The van der Waals surface area contributed by atoms with Crippen LogP contribution in [0.2, 0.25) is 0 Å². The highest BCUT2D eigenvalue weighted by molar-refractivity contribution is 5.84. The number of Topliss-reactive ketones (excluding diaryl/α,β-unsaturated/α-hetero) is 1. The molecule has 1 atom stereocenters. The Kier molecular flexibility index (Phi) is 4.56. The standard InChI is InChI=1S/C18H23NO/c1-13-5-7-16-12-17(9-8-15(16)11-13)18(19(3)4)10-6-14(2)20/h5,7-9,11-12,18H,6,10H2,1-4H3. The van der Waals surface area contributed by atoms with E-state index in [2.05, 4.69) is 62.3 Å². The van der Waals surface area contributed by atoms with E-state index in [1.54, 1.807) is 6.92 Å². The van der Waals surface area contributed by atoms with E-state index in [0.29, 0.717) is 12.5 Å².